The second kappa shape index (κ2) is 4.13. The van der Waals surface area contributed by atoms with E-state index < -0.39 is 0 Å². The van der Waals surface area contributed by atoms with Crippen LogP contribution in [0.4, 0.5) is 0 Å². The Bertz CT molecular complexity index is 107. The van der Waals surface area contributed by atoms with Gasteiger partial charge in [0.15, 0.2) is 0 Å². The van der Waals surface area contributed by atoms with Crippen molar-refractivity contribution in [2.45, 2.75) is 52.9 Å². The molecule has 3 unspecified atom stereocenters. The van der Waals surface area contributed by atoms with Gasteiger partial charge in [0.05, 0.1) is 0 Å². The zero-order chi connectivity index (χ0) is 8.27. The van der Waals surface area contributed by atoms with Crippen LogP contribution in [0.3, 0.4) is 0 Å². The number of hydrogen-bond donors (Lipinski definition) is 0. The number of rotatable bonds is 1. The van der Waals surface area contributed by atoms with Crippen molar-refractivity contribution in [1.29, 1.82) is 0 Å². The molecule has 0 heterocycles. The van der Waals surface area contributed by atoms with Crippen LogP contribution in [0.2, 0.25) is 0 Å². The minimum absolute atomic E-state index is 0.984. The molecule has 1 saturated carbocycles. The molecule has 0 N–H and O–H groups in total. The van der Waals surface area contributed by atoms with E-state index in [1.807, 2.05) is 0 Å². The third-order valence-electron chi connectivity index (χ3n) is 3.19. The molecule has 0 aliphatic heterocycles. The van der Waals surface area contributed by atoms with Crippen LogP contribution in [0.15, 0.2) is 0 Å². The van der Waals surface area contributed by atoms with Gasteiger partial charge < -0.3 is 0 Å². The molecule has 66 valence electrons. The first-order valence-corrected chi connectivity index (χ1v) is 5.22. The average molecular weight is 154 g/mol. The summed E-state index contributed by atoms with van der Waals surface area (Å²) in [6, 6.07) is 0. The van der Waals surface area contributed by atoms with E-state index in [1.165, 1.54) is 32.1 Å². The lowest BCUT2D eigenvalue weighted by Crippen LogP contribution is -2.01. The molecule has 0 saturated heterocycles. The second-order valence-electron chi connectivity index (χ2n) is 4.53. The van der Waals surface area contributed by atoms with Crippen LogP contribution in [0.5, 0.6) is 0 Å². The molecular formula is C11H22. The topological polar surface area (TPSA) is 0 Å². The van der Waals surface area contributed by atoms with Gasteiger partial charge in [-0.1, -0.05) is 40.0 Å². The third-order valence-corrected chi connectivity index (χ3v) is 3.19. The van der Waals surface area contributed by atoms with Crippen LogP contribution < -0.4 is 0 Å². The molecule has 0 aromatic heterocycles. The lowest BCUT2D eigenvalue weighted by atomic mass is 9.92. The molecule has 0 aromatic carbocycles. The van der Waals surface area contributed by atoms with Crippen LogP contribution >= 0.6 is 0 Å². The zero-order valence-corrected chi connectivity index (χ0v) is 8.27. The fraction of sp³-hybridized carbons (Fsp3) is 1.00. The maximum absolute atomic E-state index is 2.42. The van der Waals surface area contributed by atoms with Crippen LogP contribution in [-0.2, 0) is 0 Å². The standard InChI is InChI=1S/C11H22/c1-4-11-6-5-9(2)7-10(3)8-11/h9-11H,4-8H2,1-3H3. The summed E-state index contributed by atoms with van der Waals surface area (Å²) >= 11 is 0. The Kier molecular flexibility index (Phi) is 3.42. The predicted molar refractivity (Wildman–Crippen MR) is 50.6 cm³/mol. The Morgan fingerprint density at radius 2 is 1.73 bits per heavy atom. The Morgan fingerprint density at radius 1 is 1.00 bits per heavy atom. The van der Waals surface area contributed by atoms with Gasteiger partial charge in [-0.2, -0.15) is 0 Å². The summed E-state index contributed by atoms with van der Waals surface area (Å²) in [5.41, 5.74) is 0. The Morgan fingerprint density at radius 3 is 2.36 bits per heavy atom. The van der Waals surface area contributed by atoms with Crippen molar-refractivity contribution in [3.63, 3.8) is 0 Å². The van der Waals surface area contributed by atoms with Crippen molar-refractivity contribution >= 4 is 0 Å². The molecule has 0 aromatic rings. The van der Waals surface area contributed by atoms with Gasteiger partial charge in [0.1, 0.15) is 0 Å². The fourth-order valence-electron chi connectivity index (χ4n) is 2.48. The summed E-state index contributed by atoms with van der Waals surface area (Å²) in [6.45, 7) is 7.17. The average Bonchev–Trinajstić information content (AvgIpc) is 2.11. The predicted octanol–water partition coefficient (Wildman–Crippen LogP) is 3.86. The molecule has 0 radical (unpaired) electrons. The summed E-state index contributed by atoms with van der Waals surface area (Å²) < 4.78 is 0. The van der Waals surface area contributed by atoms with Gasteiger partial charge in [-0.05, 0) is 30.6 Å². The van der Waals surface area contributed by atoms with Gasteiger partial charge in [-0.15, -0.1) is 0 Å². The first kappa shape index (κ1) is 9.09. The molecule has 1 aliphatic carbocycles. The summed E-state index contributed by atoms with van der Waals surface area (Å²) in [5.74, 6) is 3.01. The lowest BCUT2D eigenvalue weighted by Gasteiger charge is -2.14. The van der Waals surface area contributed by atoms with Gasteiger partial charge in [-0.25, -0.2) is 0 Å². The zero-order valence-electron chi connectivity index (χ0n) is 8.27. The molecule has 1 aliphatic rings. The minimum atomic E-state index is 0.984. The van der Waals surface area contributed by atoms with E-state index in [-0.39, 0.29) is 0 Å². The van der Waals surface area contributed by atoms with Crippen LogP contribution in [-0.4, -0.2) is 0 Å². The van der Waals surface area contributed by atoms with E-state index in [2.05, 4.69) is 20.8 Å². The van der Waals surface area contributed by atoms with Crippen molar-refractivity contribution in [3.8, 4) is 0 Å². The summed E-state index contributed by atoms with van der Waals surface area (Å²) in [6.07, 6.45) is 7.32. The number of hydrogen-bond acceptors (Lipinski definition) is 0. The highest BCUT2D eigenvalue weighted by Gasteiger charge is 2.19. The van der Waals surface area contributed by atoms with Crippen molar-refractivity contribution in [1.82, 2.24) is 0 Å². The van der Waals surface area contributed by atoms with Crippen LogP contribution in [0.25, 0.3) is 0 Å². The highest BCUT2D eigenvalue weighted by atomic mass is 14.2. The maximum atomic E-state index is 2.42. The summed E-state index contributed by atoms with van der Waals surface area (Å²) in [4.78, 5) is 0. The molecule has 0 spiro atoms. The summed E-state index contributed by atoms with van der Waals surface area (Å²) in [7, 11) is 0. The first-order valence-electron chi connectivity index (χ1n) is 5.22. The van der Waals surface area contributed by atoms with Crippen molar-refractivity contribution in [3.05, 3.63) is 0 Å². The molecule has 3 atom stereocenters. The molecule has 11 heavy (non-hydrogen) atoms. The van der Waals surface area contributed by atoms with E-state index in [9.17, 15) is 0 Å². The minimum Gasteiger partial charge on any atom is -0.0651 e. The first-order chi connectivity index (χ1) is 5.22. The molecule has 0 bridgehead atoms. The van der Waals surface area contributed by atoms with E-state index in [0.717, 1.165) is 17.8 Å². The highest BCUT2D eigenvalue weighted by Crippen LogP contribution is 2.32. The lowest BCUT2D eigenvalue weighted by molar-refractivity contribution is 0.381. The van der Waals surface area contributed by atoms with Crippen molar-refractivity contribution in [2.75, 3.05) is 0 Å². The Balaban J connectivity index is 2.39. The van der Waals surface area contributed by atoms with Gasteiger partial charge in [0, 0.05) is 0 Å². The van der Waals surface area contributed by atoms with Crippen LogP contribution in [0.1, 0.15) is 52.9 Å². The SMILES string of the molecule is CCC1CCC(C)CC(C)C1. The third kappa shape index (κ3) is 2.84. The smallest absolute Gasteiger partial charge is 0.0414 e. The largest absolute Gasteiger partial charge is 0.0651 e. The van der Waals surface area contributed by atoms with E-state index in [4.69, 9.17) is 0 Å². The Labute approximate surface area is 71.4 Å². The van der Waals surface area contributed by atoms with Gasteiger partial charge in [-0.3, -0.25) is 0 Å². The molecule has 1 fully saturated rings. The van der Waals surface area contributed by atoms with Gasteiger partial charge >= 0.3 is 0 Å². The molecule has 0 amide bonds. The molecule has 0 heteroatoms. The molecule has 1 rings (SSSR count). The quantitative estimate of drug-likeness (QED) is 0.503. The normalized spacial score (nSPS) is 40.1. The van der Waals surface area contributed by atoms with E-state index in [1.54, 1.807) is 0 Å². The van der Waals surface area contributed by atoms with Gasteiger partial charge in [0.2, 0.25) is 0 Å². The monoisotopic (exact) mass is 154 g/mol. The molecule has 0 nitrogen and oxygen atoms in total. The van der Waals surface area contributed by atoms with Crippen molar-refractivity contribution < 1.29 is 0 Å². The highest BCUT2D eigenvalue weighted by molar-refractivity contribution is 4.71. The molecular weight excluding hydrogens is 132 g/mol. The maximum Gasteiger partial charge on any atom is -0.0414 e. The van der Waals surface area contributed by atoms with E-state index in [0.29, 0.717) is 0 Å². The van der Waals surface area contributed by atoms with Crippen LogP contribution in [0, 0.1) is 17.8 Å². The van der Waals surface area contributed by atoms with E-state index >= 15 is 0 Å². The van der Waals surface area contributed by atoms with Crippen molar-refractivity contribution in [2.24, 2.45) is 17.8 Å². The summed E-state index contributed by atoms with van der Waals surface area (Å²) in [5, 5.41) is 0. The fourth-order valence-corrected chi connectivity index (χ4v) is 2.48. The Hall–Kier alpha value is 0. The van der Waals surface area contributed by atoms with Gasteiger partial charge in [0.25, 0.3) is 0 Å². The second-order valence-corrected chi connectivity index (χ2v) is 4.53.